The van der Waals surface area contributed by atoms with Gasteiger partial charge in [-0.25, -0.2) is 4.39 Å². The first-order chi connectivity index (χ1) is 20.2. The van der Waals surface area contributed by atoms with Crippen LogP contribution in [-0.2, 0) is 21.5 Å². The summed E-state index contributed by atoms with van der Waals surface area (Å²) >= 11 is 0. The summed E-state index contributed by atoms with van der Waals surface area (Å²) in [6, 6.07) is 17.7. The van der Waals surface area contributed by atoms with Crippen LogP contribution in [0.4, 0.5) is 4.39 Å². The summed E-state index contributed by atoms with van der Waals surface area (Å²) in [6.45, 7) is 5.26. The largest absolute Gasteiger partial charge is 0.396 e. The van der Waals surface area contributed by atoms with Crippen LogP contribution in [0.2, 0.25) is 0 Å². The fourth-order valence-corrected chi connectivity index (χ4v) is 6.40. The number of nitrogens with one attached hydrogen (secondary N) is 1. The summed E-state index contributed by atoms with van der Waals surface area (Å²) in [6.07, 6.45) is 2.63. The Morgan fingerprint density at radius 1 is 1.14 bits per heavy atom. The maximum Gasteiger partial charge on any atom is 0.251 e. The summed E-state index contributed by atoms with van der Waals surface area (Å²) in [5.74, 6) is -0.776. The molecule has 1 aliphatic heterocycles. The highest BCUT2D eigenvalue weighted by atomic mass is 19.1. The van der Waals surface area contributed by atoms with Crippen LogP contribution in [0.3, 0.4) is 0 Å². The monoisotopic (exact) mass is 567 g/mol. The minimum atomic E-state index is -0.575. The lowest BCUT2D eigenvalue weighted by molar-refractivity contribution is -0.119. The maximum atomic E-state index is 14.0. The molecule has 3 aromatic carbocycles. The SMILES string of the molecule is COCC(C)(C)c1c(-c2ccc(C(=O)N[C@H]3C[C@H](CO)CC3=O)cc2)c2cc3c(cc2n1-c1ccc(F)cc1)C=NC3. The van der Waals surface area contributed by atoms with Gasteiger partial charge in [0.05, 0.1) is 24.7 Å². The quantitative estimate of drug-likeness (QED) is 0.300. The zero-order valence-corrected chi connectivity index (χ0v) is 24.0. The van der Waals surface area contributed by atoms with E-state index in [4.69, 9.17) is 4.74 Å². The van der Waals surface area contributed by atoms with E-state index < -0.39 is 11.5 Å². The molecular weight excluding hydrogens is 533 g/mol. The molecule has 216 valence electrons. The first-order valence-corrected chi connectivity index (χ1v) is 14.2. The van der Waals surface area contributed by atoms with Crippen molar-refractivity contribution in [3.8, 4) is 16.8 Å². The van der Waals surface area contributed by atoms with Crippen LogP contribution >= 0.6 is 0 Å². The molecule has 2 atom stereocenters. The van der Waals surface area contributed by atoms with Gasteiger partial charge in [0.25, 0.3) is 5.91 Å². The highest BCUT2D eigenvalue weighted by molar-refractivity contribution is 6.04. The van der Waals surface area contributed by atoms with Crippen LogP contribution in [0.1, 0.15) is 53.9 Å². The smallest absolute Gasteiger partial charge is 0.251 e. The Bertz CT molecular complexity index is 1700. The fourth-order valence-electron chi connectivity index (χ4n) is 6.40. The molecule has 1 amide bonds. The van der Waals surface area contributed by atoms with Crippen LogP contribution in [0.25, 0.3) is 27.7 Å². The number of hydrogen-bond acceptors (Lipinski definition) is 5. The molecular formula is C34H34FN3O4. The number of fused-ring (bicyclic) bond motifs is 2. The molecule has 1 aliphatic carbocycles. The number of aromatic nitrogens is 1. The Kier molecular flexibility index (Phi) is 7.29. The van der Waals surface area contributed by atoms with Crippen LogP contribution in [0.5, 0.6) is 0 Å². The van der Waals surface area contributed by atoms with Gasteiger partial charge in [0.15, 0.2) is 5.78 Å². The van der Waals surface area contributed by atoms with E-state index in [0.29, 0.717) is 25.1 Å². The van der Waals surface area contributed by atoms with E-state index in [9.17, 15) is 19.1 Å². The first-order valence-electron chi connectivity index (χ1n) is 14.2. The highest BCUT2D eigenvalue weighted by Crippen LogP contribution is 2.44. The van der Waals surface area contributed by atoms with E-state index in [-0.39, 0.29) is 36.5 Å². The van der Waals surface area contributed by atoms with E-state index in [1.807, 2.05) is 18.3 Å². The summed E-state index contributed by atoms with van der Waals surface area (Å²) in [4.78, 5) is 29.8. The lowest BCUT2D eigenvalue weighted by Crippen LogP contribution is -2.37. The number of aliphatic hydroxyl groups is 1. The van der Waals surface area contributed by atoms with Gasteiger partial charge in [-0.1, -0.05) is 26.0 Å². The van der Waals surface area contributed by atoms with E-state index in [1.54, 1.807) is 31.4 Å². The van der Waals surface area contributed by atoms with Gasteiger partial charge < -0.3 is 19.7 Å². The predicted octanol–water partition coefficient (Wildman–Crippen LogP) is 5.36. The lowest BCUT2D eigenvalue weighted by atomic mass is 9.84. The number of hydrogen-bond donors (Lipinski definition) is 2. The molecule has 2 heterocycles. The molecule has 0 unspecified atom stereocenters. The van der Waals surface area contributed by atoms with Gasteiger partial charge >= 0.3 is 0 Å². The summed E-state index contributed by atoms with van der Waals surface area (Å²) < 4.78 is 21.9. The second-order valence-corrected chi connectivity index (χ2v) is 11.9. The van der Waals surface area contributed by atoms with Crippen molar-refractivity contribution in [3.63, 3.8) is 0 Å². The predicted molar refractivity (Wildman–Crippen MR) is 161 cm³/mol. The number of ether oxygens (including phenoxy) is 1. The minimum Gasteiger partial charge on any atom is -0.396 e. The molecule has 7 nitrogen and oxygen atoms in total. The van der Waals surface area contributed by atoms with Crippen LogP contribution in [0.15, 0.2) is 65.7 Å². The number of ketones is 1. The summed E-state index contributed by atoms with van der Waals surface area (Å²) in [5.41, 5.74) is 6.95. The molecule has 1 fully saturated rings. The third-order valence-corrected chi connectivity index (χ3v) is 8.40. The molecule has 1 saturated carbocycles. The zero-order valence-electron chi connectivity index (χ0n) is 24.0. The van der Waals surface area contributed by atoms with E-state index in [1.165, 1.54) is 12.1 Å². The van der Waals surface area contributed by atoms with Gasteiger partial charge in [-0.3, -0.25) is 14.6 Å². The van der Waals surface area contributed by atoms with Gasteiger partial charge in [0.2, 0.25) is 0 Å². The normalized spacial score (nSPS) is 18.2. The third-order valence-electron chi connectivity index (χ3n) is 8.40. The number of Topliss-reactive ketones (excluding diaryl/α,β-unsaturated/α-hetero) is 1. The molecule has 8 heteroatoms. The van der Waals surface area contributed by atoms with Gasteiger partial charge in [-0.2, -0.15) is 0 Å². The number of rotatable bonds is 8. The molecule has 2 N–H and O–H groups in total. The van der Waals surface area contributed by atoms with Crippen molar-refractivity contribution < 1.29 is 23.8 Å². The van der Waals surface area contributed by atoms with Crippen LogP contribution in [0, 0.1) is 11.7 Å². The highest BCUT2D eigenvalue weighted by Gasteiger charge is 2.34. The molecule has 0 radical (unpaired) electrons. The number of halogens is 1. The van der Waals surface area contributed by atoms with Gasteiger partial charge in [-0.15, -0.1) is 0 Å². The van der Waals surface area contributed by atoms with Gasteiger partial charge in [0.1, 0.15) is 5.82 Å². The number of benzene rings is 3. The second kappa shape index (κ2) is 10.9. The fraction of sp³-hybridized carbons (Fsp3) is 0.324. The van der Waals surface area contributed by atoms with Crippen molar-refractivity contribution >= 4 is 28.8 Å². The third kappa shape index (κ3) is 4.95. The van der Waals surface area contributed by atoms with Crippen molar-refractivity contribution in [1.29, 1.82) is 0 Å². The summed E-state index contributed by atoms with van der Waals surface area (Å²) in [5, 5.41) is 13.3. The topological polar surface area (TPSA) is 92.9 Å². The Morgan fingerprint density at radius 3 is 2.55 bits per heavy atom. The first kappa shape index (κ1) is 28.0. The van der Waals surface area contributed by atoms with E-state index >= 15 is 0 Å². The number of carbonyl (C=O) groups is 2. The van der Waals surface area contributed by atoms with Crippen molar-refractivity contribution in [1.82, 2.24) is 9.88 Å². The number of carbonyl (C=O) groups excluding carboxylic acids is 2. The van der Waals surface area contributed by atoms with Gasteiger partial charge in [0, 0.05) is 59.7 Å². The van der Waals surface area contributed by atoms with Crippen molar-refractivity contribution in [2.75, 3.05) is 20.3 Å². The zero-order chi connectivity index (χ0) is 29.6. The average molecular weight is 568 g/mol. The molecule has 0 spiro atoms. The number of aliphatic imine (C=N–C) groups is 1. The van der Waals surface area contributed by atoms with Crippen LogP contribution < -0.4 is 5.32 Å². The Morgan fingerprint density at radius 2 is 1.88 bits per heavy atom. The molecule has 6 rings (SSSR count). The molecule has 0 bridgehead atoms. The van der Waals surface area contributed by atoms with Crippen LogP contribution in [-0.4, -0.2) is 53.9 Å². The van der Waals surface area contributed by atoms with Gasteiger partial charge in [-0.05, 0) is 77.6 Å². The van der Waals surface area contributed by atoms with Crippen molar-refractivity contribution in [3.05, 3.63) is 88.9 Å². The standard InChI is InChI=1S/C34H34FN3O4/c1-34(2,19-42-3)32-31(21-4-6-22(7-5-21)33(41)37-28-12-20(18-39)13-30(28)40)27-14-23-16-36-17-24(23)15-29(27)38(32)26-10-8-25(35)9-11-26/h4-11,14-15,17,20,28,39H,12-13,16,18-19H2,1-3H3,(H,37,41)/t20-,28-/m0/s1. The average Bonchev–Trinajstić information content (AvgIpc) is 3.67. The number of methoxy groups -OCH3 is 1. The molecule has 4 aromatic rings. The van der Waals surface area contributed by atoms with Crippen molar-refractivity contribution in [2.24, 2.45) is 10.9 Å². The Hall–Kier alpha value is -4.14. The second-order valence-electron chi connectivity index (χ2n) is 11.9. The summed E-state index contributed by atoms with van der Waals surface area (Å²) in [7, 11) is 1.68. The molecule has 0 saturated heterocycles. The molecule has 2 aliphatic rings. The minimum absolute atomic E-state index is 0.0471. The van der Waals surface area contributed by atoms with E-state index in [2.05, 4.69) is 40.9 Å². The number of amides is 1. The van der Waals surface area contributed by atoms with E-state index in [0.717, 1.165) is 44.5 Å². The number of aliphatic hydroxyl groups excluding tert-OH is 1. The lowest BCUT2D eigenvalue weighted by Gasteiger charge is -2.28. The van der Waals surface area contributed by atoms with Crippen molar-refractivity contribution in [2.45, 2.75) is 44.7 Å². The molecule has 42 heavy (non-hydrogen) atoms. The Balaban J connectivity index is 1.49. The Labute approximate surface area is 244 Å². The molecule has 1 aromatic heterocycles. The number of nitrogens with zero attached hydrogens (tertiary/aromatic N) is 2. The maximum absolute atomic E-state index is 14.0.